The number of carbonyl (C=O) groups excluding carboxylic acids is 1. The van der Waals surface area contributed by atoms with Crippen LogP contribution < -0.4 is 0 Å². The number of likely N-dealkylation sites (N-methyl/N-ethyl adjacent to an activating group) is 1. The molecule has 0 bridgehead atoms. The van der Waals surface area contributed by atoms with Crippen molar-refractivity contribution >= 4 is 17.5 Å². The maximum absolute atomic E-state index is 13.2. The summed E-state index contributed by atoms with van der Waals surface area (Å²) in [6.07, 6.45) is 3.79. The number of hydrogen-bond acceptors (Lipinski definition) is 2. The molecule has 0 aromatic heterocycles. The van der Waals surface area contributed by atoms with Crippen molar-refractivity contribution in [3.63, 3.8) is 0 Å². The number of rotatable bonds is 2. The molecular formula is C22H25ClN2O. The Bertz CT molecular complexity index is 821. The Kier molecular flexibility index (Phi) is 4.76. The minimum absolute atomic E-state index is 0.0661. The van der Waals surface area contributed by atoms with Crippen LogP contribution in [0.4, 0.5) is 0 Å². The molecule has 26 heavy (non-hydrogen) atoms. The SMILES string of the molecule is CN1CCCC12Cc1ccccc1CN(C(=O)Cc1cccc(Cl)c1)C2. The Morgan fingerprint density at radius 1 is 1.15 bits per heavy atom. The number of carbonyl (C=O) groups is 1. The third-order valence-electron chi connectivity index (χ3n) is 6.03. The lowest BCUT2D eigenvalue weighted by molar-refractivity contribution is -0.132. The number of amides is 1. The van der Waals surface area contributed by atoms with E-state index in [0.717, 1.165) is 31.5 Å². The Morgan fingerprint density at radius 2 is 1.96 bits per heavy atom. The first kappa shape index (κ1) is 17.6. The standard InChI is InChI=1S/C22H25ClN2O/c1-24-11-5-10-22(24)14-18-7-2-3-8-19(18)15-25(16-22)21(26)13-17-6-4-9-20(23)12-17/h2-4,6-9,12H,5,10-11,13-16H2,1H3. The van der Waals surface area contributed by atoms with E-state index in [9.17, 15) is 4.79 Å². The molecule has 1 fully saturated rings. The lowest BCUT2D eigenvalue weighted by atomic mass is 9.87. The van der Waals surface area contributed by atoms with E-state index in [4.69, 9.17) is 11.6 Å². The van der Waals surface area contributed by atoms with Gasteiger partial charge in [0, 0.05) is 23.7 Å². The maximum Gasteiger partial charge on any atom is 0.227 e. The van der Waals surface area contributed by atoms with Gasteiger partial charge in [0.1, 0.15) is 0 Å². The fourth-order valence-electron chi connectivity index (χ4n) is 4.52. The van der Waals surface area contributed by atoms with Crippen LogP contribution in [0.3, 0.4) is 0 Å². The van der Waals surface area contributed by atoms with E-state index < -0.39 is 0 Å². The number of hydrogen-bond donors (Lipinski definition) is 0. The van der Waals surface area contributed by atoms with Crippen molar-refractivity contribution in [1.82, 2.24) is 9.80 Å². The van der Waals surface area contributed by atoms with Crippen LogP contribution in [-0.2, 0) is 24.2 Å². The Labute approximate surface area is 160 Å². The summed E-state index contributed by atoms with van der Waals surface area (Å²) in [5, 5.41) is 0.684. The molecule has 3 nitrogen and oxygen atoms in total. The summed E-state index contributed by atoms with van der Waals surface area (Å²) in [7, 11) is 2.21. The zero-order valence-electron chi connectivity index (χ0n) is 15.2. The van der Waals surface area contributed by atoms with Gasteiger partial charge in [-0.1, -0.05) is 48.0 Å². The van der Waals surface area contributed by atoms with Crippen molar-refractivity contribution in [3.05, 3.63) is 70.2 Å². The van der Waals surface area contributed by atoms with Gasteiger partial charge in [-0.3, -0.25) is 9.69 Å². The molecule has 2 aliphatic rings. The highest BCUT2D eigenvalue weighted by atomic mass is 35.5. The fourth-order valence-corrected chi connectivity index (χ4v) is 4.73. The molecular weight excluding hydrogens is 344 g/mol. The van der Waals surface area contributed by atoms with Crippen LogP contribution >= 0.6 is 11.6 Å². The highest BCUT2D eigenvalue weighted by Crippen LogP contribution is 2.36. The van der Waals surface area contributed by atoms with Gasteiger partial charge in [0.15, 0.2) is 0 Å². The number of likely N-dealkylation sites (tertiary alicyclic amines) is 1. The molecule has 2 aromatic carbocycles. The van der Waals surface area contributed by atoms with Crippen molar-refractivity contribution in [2.24, 2.45) is 0 Å². The van der Waals surface area contributed by atoms with E-state index in [1.54, 1.807) is 0 Å². The van der Waals surface area contributed by atoms with Crippen molar-refractivity contribution in [2.45, 2.75) is 37.8 Å². The van der Waals surface area contributed by atoms with Gasteiger partial charge in [-0.2, -0.15) is 0 Å². The van der Waals surface area contributed by atoms with Gasteiger partial charge in [0.2, 0.25) is 5.91 Å². The maximum atomic E-state index is 13.2. The monoisotopic (exact) mass is 368 g/mol. The molecule has 0 radical (unpaired) electrons. The van der Waals surface area contributed by atoms with E-state index in [0.29, 0.717) is 18.0 Å². The number of nitrogens with zero attached hydrogens (tertiary/aromatic N) is 2. The summed E-state index contributed by atoms with van der Waals surface area (Å²) in [6.45, 7) is 2.61. The molecule has 2 aromatic rings. The molecule has 136 valence electrons. The highest BCUT2D eigenvalue weighted by Gasteiger charge is 2.43. The molecule has 1 atom stereocenters. The molecule has 1 saturated heterocycles. The van der Waals surface area contributed by atoms with Crippen LogP contribution in [0.5, 0.6) is 0 Å². The van der Waals surface area contributed by atoms with Gasteiger partial charge < -0.3 is 4.90 Å². The zero-order valence-corrected chi connectivity index (χ0v) is 16.0. The van der Waals surface area contributed by atoms with Crippen molar-refractivity contribution < 1.29 is 4.79 Å². The summed E-state index contributed by atoms with van der Waals surface area (Å²) < 4.78 is 0. The molecule has 1 amide bonds. The molecule has 1 spiro atoms. The minimum atomic E-state index is 0.0661. The second kappa shape index (κ2) is 7.05. The summed E-state index contributed by atoms with van der Waals surface area (Å²) in [4.78, 5) is 17.7. The predicted octanol–water partition coefficient (Wildman–Crippen LogP) is 3.93. The predicted molar refractivity (Wildman–Crippen MR) is 105 cm³/mol. The van der Waals surface area contributed by atoms with E-state index in [1.807, 2.05) is 24.3 Å². The summed E-state index contributed by atoms with van der Waals surface area (Å²) >= 11 is 6.09. The van der Waals surface area contributed by atoms with Crippen LogP contribution in [0.2, 0.25) is 5.02 Å². The molecule has 0 aliphatic carbocycles. The van der Waals surface area contributed by atoms with Gasteiger partial charge in [0.25, 0.3) is 0 Å². The normalized spacial score (nSPS) is 23.1. The van der Waals surface area contributed by atoms with Crippen LogP contribution in [-0.4, -0.2) is 41.4 Å². The Balaban J connectivity index is 1.63. The van der Waals surface area contributed by atoms with Gasteiger partial charge in [-0.15, -0.1) is 0 Å². The minimum Gasteiger partial charge on any atom is -0.336 e. The van der Waals surface area contributed by atoms with Crippen molar-refractivity contribution in [1.29, 1.82) is 0 Å². The zero-order chi connectivity index (χ0) is 18.1. The quantitative estimate of drug-likeness (QED) is 0.801. The molecule has 4 heteroatoms. The third-order valence-corrected chi connectivity index (χ3v) is 6.26. The molecule has 0 N–H and O–H groups in total. The number of halogens is 1. The first-order valence-electron chi connectivity index (χ1n) is 9.36. The van der Waals surface area contributed by atoms with E-state index in [2.05, 4.69) is 41.1 Å². The van der Waals surface area contributed by atoms with Crippen molar-refractivity contribution in [2.75, 3.05) is 20.1 Å². The number of fused-ring (bicyclic) bond motifs is 1. The third kappa shape index (κ3) is 3.38. The summed E-state index contributed by atoms with van der Waals surface area (Å²) in [5.41, 5.74) is 3.72. The Morgan fingerprint density at radius 3 is 2.69 bits per heavy atom. The number of benzene rings is 2. The molecule has 1 unspecified atom stereocenters. The average molecular weight is 369 g/mol. The topological polar surface area (TPSA) is 23.6 Å². The molecule has 4 rings (SSSR count). The first-order valence-corrected chi connectivity index (χ1v) is 9.74. The summed E-state index contributed by atoms with van der Waals surface area (Å²) in [5.74, 6) is 0.184. The average Bonchev–Trinajstić information content (AvgIpc) is 2.86. The van der Waals surface area contributed by atoms with Gasteiger partial charge in [-0.25, -0.2) is 0 Å². The molecule has 2 heterocycles. The first-order chi connectivity index (χ1) is 12.6. The highest BCUT2D eigenvalue weighted by molar-refractivity contribution is 6.30. The van der Waals surface area contributed by atoms with E-state index >= 15 is 0 Å². The van der Waals surface area contributed by atoms with Gasteiger partial charge in [-0.05, 0) is 61.7 Å². The molecule has 2 aliphatic heterocycles. The van der Waals surface area contributed by atoms with Crippen molar-refractivity contribution in [3.8, 4) is 0 Å². The lowest BCUT2D eigenvalue weighted by Crippen LogP contribution is -2.52. The second-order valence-electron chi connectivity index (χ2n) is 7.75. The van der Waals surface area contributed by atoms with Gasteiger partial charge >= 0.3 is 0 Å². The van der Waals surface area contributed by atoms with Crippen LogP contribution in [0.1, 0.15) is 29.5 Å². The smallest absolute Gasteiger partial charge is 0.227 e. The van der Waals surface area contributed by atoms with Gasteiger partial charge in [0.05, 0.1) is 6.42 Å². The Hall–Kier alpha value is -1.84. The summed E-state index contributed by atoms with van der Waals surface area (Å²) in [6, 6.07) is 16.2. The van der Waals surface area contributed by atoms with Crippen LogP contribution in [0, 0.1) is 0 Å². The van der Waals surface area contributed by atoms with E-state index in [1.165, 1.54) is 17.5 Å². The van der Waals surface area contributed by atoms with Crippen LogP contribution in [0.15, 0.2) is 48.5 Å². The van der Waals surface area contributed by atoms with E-state index in [-0.39, 0.29) is 11.4 Å². The largest absolute Gasteiger partial charge is 0.336 e. The lowest BCUT2D eigenvalue weighted by Gasteiger charge is -2.38. The molecule has 0 saturated carbocycles. The van der Waals surface area contributed by atoms with Crippen LogP contribution in [0.25, 0.3) is 0 Å². The fraction of sp³-hybridized carbons (Fsp3) is 0.409. The second-order valence-corrected chi connectivity index (χ2v) is 8.19.